The maximum atomic E-state index is 13.0. The average Bonchev–Trinajstić information content (AvgIpc) is 2.50. The lowest BCUT2D eigenvalue weighted by molar-refractivity contribution is -0.197. The van der Waals surface area contributed by atoms with Crippen molar-refractivity contribution < 1.29 is 35.7 Å². The predicted octanol–water partition coefficient (Wildman–Crippen LogP) is -2.68. The van der Waals surface area contributed by atoms with Gasteiger partial charge in [-0.1, -0.05) is 35.6 Å². The van der Waals surface area contributed by atoms with E-state index in [2.05, 4.69) is 4.74 Å². The molecule has 5 nitrogen and oxygen atoms in total. The summed E-state index contributed by atoms with van der Waals surface area (Å²) in [7, 11) is 2.40. The van der Waals surface area contributed by atoms with E-state index < -0.39 is 34.1 Å². The standard InChI is InChI=1S/C13H19B4F3O5S/c14-2-6-1-7(9(4-16)11(17)8(6)3-15)12(21)25-10(13(18,19)20)5-26(22,23)24/h1,10H,2-5,14-17H2,(H,22,23,24). The van der Waals surface area contributed by atoms with Crippen LogP contribution < -0.4 is 5.46 Å². The highest BCUT2D eigenvalue weighted by Crippen LogP contribution is 2.26. The Morgan fingerprint density at radius 3 is 2.08 bits per heavy atom. The highest BCUT2D eigenvalue weighted by Gasteiger charge is 2.45. The number of hydrogen-bond donors (Lipinski definition) is 1. The minimum atomic E-state index is -5.12. The summed E-state index contributed by atoms with van der Waals surface area (Å²) < 4.78 is 73.8. The van der Waals surface area contributed by atoms with Crippen molar-refractivity contribution in [3.63, 3.8) is 0 Å². The van der Waals surface area contributed by atoms with Gasteiger partial charge in [0.2, 0.25) is 6.10 Å². The van der Waals surface area contributed by atoms with Gasteiger partial charge in [-0.2, -0.15) is 21.6 Å². The Morgan fingerprint density at radius 2 is 1.69 bits per heavy atom. The second-order valence-corrected chi connectivity index (χ2v) is 7.41. The number of halogens is 3. The number of esters is 1. The zero-order valence-corrected chi connectivity index (χ0v) is 15.9. The predicted molar refractivity (Wildman–Crippen MR) is 103 cm³/mol. The second kappa shape index (κ2) is 8.56. The van der Waals surface area contributed by atoms with E-state index in [1.165, 1.54) is 6.07 Å². The highest BCUT2D eigenvalue weighted by molar-refractivity contribution is 7.85. The molecule has 0 aliphatic carbocycles. The van der Waals surface area contributed by atoms with Crippen molar-refractivity contribution >= 4 is 52.9 Å². The van der Waals surface area contributed by atoms with Gasteiger partial charge >= 0.3 is 12.1 Å². The largest absolute Gasteiger partial charge is 0.448 e. The molecule has 13 heteroatoms. The van der Waals surface area contributed by atoms with Crippen LogP contribution in [0.15, 0.2) is 6.07 Å². The van der Waals surface area contributed by atoms with Crippen LogP contribution in [0.25, 0.3) is 0 Å². The molecule has 0 aliphatic rings. The van der Waals surface area contributed by atoms with Crippen LogP contribution in [0.5, 0.6) is 0 Å². The van der Waals surface area contributed by atoms with Crippen molar-refractivity contribution in [2.24, 2.45) is 0 Å². The summed E-state index contributed by atoms with van der Waals surface area (Å²) in [5, 5.41) is 0. The summed E-state index contributed by atoms with van der Waals surface area (Å²) in [5.74, 6) is -3.00. The van der Waals surface area contributed by atoms with E-state index in [0.29, 0.717) is 24.5 Å². The topological polar surface area (TPSA) is 80.7 Å². The zero-order chi connectivity index (χ0) is 20.3. The summed E-state index contributed by atoms with van der Waals surface area (Å²) in [6.07, 6.45) is -6.36. The van der Waals surface area contributed by atoms with Gasteiger partial charge in [0.25, 0.3) is 10.1 Å². The number of ether oxygens (including phenoxy) is 1. The molecule has 0 aromatic heterocycles. The molecule has 26 heavy (non-hydrogen) atoms. The lowest BCUT2D eigenvalue weighted by Gasteiger charge is -2.22. The smallest absolute Gasteiger partial charge is 0.426 e. The van der Waals surface area contributed by atoms with E-state index in [0.717, 1.165) is 16.6 Å². The zero-order valence-electron chi connectivity index (χ0n) is 15.1. The van der Waals surface area contributed by atoms with Crippen LogP contribution in [0.4, 0.5) is 13.2 Å². The van der Waals surface area contributed by atoms with Crippen LogP contribution in [0.3, 0.4) is 0 Å². The Labute approximate surface area is 154 Å². The van der Waals surface area contributed by atoms with E-state index in [1.54, 1.807) is 15.7 Å². The number of hydrogen-bond acceptors (Lipinski definition) is 4. The van der Waals surface area contributed by atoms with E-state index >= 15 is 0 Å². The van der Waals surface area contributed by atoms with Crippen LogP contribution in [-0.2, 0) is 33.8 Å². The number of benzene rings is 1. The monoisotopic (exact) mass is 388 g/mol. The van der Waals surface area contributed by atoms with E-state index in [9.17, 15) is 26.4 Å². The number of carbonyl (C=O) groups is 1. The third-order valence-electron chi connectivity index (χ3n) is 4.22. The molecule has 140 valence electrons. The minimum absolute atomic E-state index is 0.0105. The van der Waals surface area contributed by atoms with Crippen molar-refractivity contribution in [3.8, 4) is 0 Å². The number of rotatable bonds is 7. The highest BCUT2D eigenvalue weighted by atomic mass is 32.2. The fourth-order valence-electron chi connectivity index (χ4n) is 3.00. The van der Waals surface area contributed by atoms with Gasteiger partial charge in [-0.15, -0.1) is 0 Å². The quantitative estimate of drug-likeness (QED) is 0.313. The van der Waals surface area contributed by atoms with Gasteiger partial charge in [-0.25, -0.2) is 4.79 Å². The van der Waals surface area contributed by atoms with E-state index in [-0.39, 0.29) is 5.56 Å². The molecule has 0 bridgehead atoms. The van der Waals surface area contributed by atoms with Gasteiger partial charge in [0, 0.05) is 0 Å². The van der Waals surface area contributed by atoms with Crippen LogP contribution in [0.2, 0.25) is 0 Å². The Morgan fingerprint density at radius 1 is 1.15 bits per heavy atom. The van der Waals surface area contributed by atoms with Gasteiger partial charge in [-0.3, -0.25) is 4.55 Å². The Balaban J connectivity index is 3.37. The Bertz CT molecular complexity index is 783. The molecule has 0 amide bonds. The van der Waals surface area contributed by atoms with E-state index in [4.69, 9.17) is 4.55 Å². The minimum Gasteiger partial charge on any atom is -0.448 e. The molecule has 0 aliphatic heterocycles. The molecule has 0 saturated heterocycles. The fraction of sp³-hybridized carbons (Fsp3) is 0.462. The van der Waals surface area contributed by atoms with E-state index in [1.807, 2.05) is 15.7 Å². The van der Waals surface area contributed by atoms with Gasteiger partial charge in [0.05, 0.1) is 5.56 Å². The lowest BCUT2D eigenvalue weighted by Crippen LogP contribution is -2.40. The molecule has 0 fully saturated rings. The van der Waals surface area contributed by atoms with Gasteiger partial charge < -0.3 is 4.74 Å². The SMILES string of the molecule is BCc1cc(C(=O)OC(CS(=O)(=O)O)C(F)(F)F)c(CB)c(B)c1CB. The summed E-state index contributed by atoms with van der Waals surface area (Å²) >= 11 is 0. The maximum absolute atomic E-state index is 13.0. The molecule has 0 heterocycles. The molecule has 0 radical (unpaired) electrons. The maximum Gasteiger partial charge on any atom is 0.426 e. The van der Waals surface area contributed by atoms with Gasteiger partial charge in [-0.05, 0) is 11.6 Å². The molecular formula is C13H19B4F3O5S. The molecule has 1 atom stereocenters. The normalized spacial score (nSPS) is 13.4. The van der Waals surface area contributed by atoms with Crippen LogP contribution >= 0.6 is 0 Å². The van der Waals surface area contributed by atoms with Crippen molar-refractivity contribution in [1.82, 2.24) is 0 Å². The van der Waals surface area contributed by atoms with Crippen molar-refractivity contribution in [2.45, 2.75) is 31.2 Å². The van der Waals surface area contributed by atoms with Crippen LogP contribution in [-0.4, -0.2) is 68.4 Å². The summed E-state index contributed by atoms with van der Waals surface area (Å²) in [4.78, 5) is 12.4. The Kier molecular flexibility index (Phi) is 7.47. The molecular weight excluding hydrogens is 368 g/mol. The molecule has 0 saturated carbocycles. The summed E-state index contributed by atoms with van der Waals surface area (Å²) in [6.45, 7) is 0. The van der Waals surface area contributed by atoms with Gasteiger partial charge in [0.15, 0.2) is 0 Å². The third-order valence-corrected chi connectivity index (χ3v) is 4.94. The lowest BCUT2D eigenvalue weighted by atomic mass is 9.72. The molecule has 1 aromatic rings. The first-order chi connectivity index (χ1) is 11.9. The second-order valence-electron chi connectivity index (χ2n) is 5.91. The molecule has 1 N–H and O–H groups in total. The first-order valence-corrected chi connectivity index (χ1v) is 9.83. The van der Waals surface area contributed by atoms with Crippen molar-refractivity contribution in [3.05, 3.63) is 28.3 Å². The molecule has 0 spiro atoms. The number of carbonyl (C=O) groups excluding carboxylic acids is 1. The van der Waals surface area contributed by atoms with Crippen LogP contribution in [0.1, 0.15) is 27.0 Å². The van der Waals surface area contributed by atoms with Crippen molar-refractivity contribution in [1.29, 1.82) is 0 Å². The first-order valence-electron chi connectivity index (χ1n) is 8.22. The van der Waals surface area contributed by atoms with Crippen LogP contribution in [0, 0.1) is 0 Å². The molecule has 1 aromatic carbocycles. The summed E-state index contributed by atoms with van der Waals surface area (Å²) in [6, 6.07) is 1.51. The fourth-order valence-corrected chi connectivity index (χ4v) is 3.64. The third kappa shape index (κ3) is 5.57. The van der Waals surface area contributed by atoms with Gasteiger partial charge in [0.1, 0.15) is 37.1 Å². The number of alkyl halides is 3. The average molecular weight is 388 g/mol. The Hall–Kier alpha value is -1.35. The molecule has 1 rings (SSSR count). The molecule has 1 unspecified atom stereocenters. The summed E-state index contributed by atoms with van der Waals surface area (Å²) in [5.41, 5.74) is 3.24. The first kappa shape index (κ1) is 22.7. The van der Waals surface area contributed by atoms with Crippen molar-refractivity contribution in [2.75, 3.05) is 5.75 Å².